The van der Waals surface area contributed by atoms with Gasteiger partial charge < -0.3 is 10.1 Å². The zero-order valence-electron chi connectivity index (χ0n) is 14.3. The second-order valence-electron chi connectivity index (χ2n) is 5.15. The fourth-order valence-electron chi connectivity index (χ4n) is 2.05. The maximum atomic E-state index is 12.1. The van der Waals surface area contributed by atoms with E-state index in [1.807, 2.05) is 31.2 Å². The molecular weight excluding hydrogens is 318 g/mol. The van der Waals surface area contributed by atoms with E-state index in [1.165, 1.54) is 0 Å². The van der Waals surface area contributed by atoms with Crippen LogP contribution in [0.15, 0.2) is 53.6 Å². The summed E-state index contributed by atoms with van der Waals surface area (Å²) in [7, 11) is 0. The standard InChI is InChI=1S/C19H21N3O3/c1-3-18(23)21-16-11-9-14(10-12-16)19(24)22-20-13-15-7-5-6-8-17(15)25-4-2/h5-13H,3-4H2,1-2H3,(H,21,23)(H,22,24). The van der Waals surface area contributed by atoms with Crippen molar-refractivity contribution >= 4 is 23.7 Å². The van der Waals surface area contributed by atoms with Crippen molar-refractivity contribution in [2.24, 2.45) is 5.10 Å². The first-order valence-corrected chi connectivity index (χ1v) is 8.09. The van der Waals surface area contributed by atoms with Crippen LogP contribution in [0.3, 0.4) is 0 Å². The van der Waals surface area contributed by atoms with Crippen LogP contribution in [0.5, 0.6) is 5.75 Å². The van der Waals surface area contributed by atoms with Crippen LogP contribution in [0.2, 0.25) is 0 Å². The lowest BCUT2D eigenvalue weighted by atomic mass is 10.2. The number of anilines is 1. The van der Waals surface area contributed by atoms with Gasteiger partial charge in [-0.15, -0.1) is 0 Å². The highest BCUT2D eigenvalue weighted by atomic mass is 16.5. The average molecular weight is 339 g/mol. The molecule has 6 nitrogen and oxygen atoms in total. The van der Waals surface area contributed by atoms with Gasteiger partial charge in [0.1, 0.15) is 5.75 Å². The van der Waals surface area contributed by atoms with E-state index in [-0.39, 0.29) is 11.8 Å². The maximum absolute atomic E-state index is 12.1. The summed E-state index contributed by atoms with van der Waals surface area (Å²) in [5, 5.41) is 6.70. The monoisotopic (exact) mass is 339 g/mol. The minimum atomic E-state index is -0.335. The van der Waals surface area contributed by atoms with Gasteiger partial charge in [-0.05, 0) is 43.3 Å². The van der Waals surface area contributed by atoms with Crippen molar-refractivity contribution < 1.29 is 14.3 Å². The quantitative estimate of drug-likeness (QED) is 0.600. The number of hydrazone groups is 1. The molecule has 0 saturated heterocycles. The van der Waals surface area contributed by atoms with Crippen molar-refractivity contribution in [1.29, 1.82) is 0 Å². The SMILES string of the molecule is CCOc1ccccc1C=NNC(=O)c1ccc(NC(=O)CC)cc1. The molecular formula is C19H21N3O3. The zero-order valence-corrected chi connectivity index (χ0v) is 14.3. The first-order chi connectivity index (χ1) is 12.1. The van der Waals surface area contributed by atoms with Crippen LogP contribution < -0.4 is 15.5 Å². The van der Waals surface area contributed by atoms with E-state index in [4.69, 9.17) is 4.74 Å². The number of carbonyl (C=O) groups excluding carboxylic acids is 2. The third kappa shape index (κ3) is 5.46. The van der Waals surface area contributed by atoms with Gasteiger partial charge in [0.2, 0.25) is 5.91 Å². The summed E-state index contributed by atoms with van der Waals surface area (Å²) >= 11 is 0. The van der Waals surface area contributed by atoms with Gasteiger partial charge in [0, 0.05) is 23.2 Å². The topological polar surface area (TPSA) is 79.8 Å². The van der Waals surface area contributed by atoms with Gasteiger partial charge in [0.15, 0.2) is 0 Å². The van der Waals surface area contributed by atoms with E-state index in [9.17, 15) is 9.59 Å². The molecule has 2 amide bonds. The molecule has 130 valence electrons. The van der Waals surface area contributed by atoms with Crippen LogP contribution in [0, 0.1) is 0 Å². The first kappa shape index (κ1) is 18.2. The number of hydrogen-bond acceptors (Lipinski definition) is 4. The molecule has 0 fully saturated rings. The molecule has 0 heterocycles. The Morgan fingerprint density at radius 1 is 1.08 bits per heavy atom. The largest absolute Gasteiger partial charge is 0.493 e. The summed E-state index contributed by atoms with van der Waals surface area (Å²) in [6, 6.07) is 14.1. The Morgan fingerprint density at radius 3 is 2.48 bits per heavy atom. The third-order valence-corrected chi connectivity index (χ3v) is 3.34. The van der Waals surface area contributed by atoms with Crippen molar-refractivity contribution in [1.82, 2.24) is 5.43 Å². The minimum Gasteiger partial charge on any atom is -0.493 e. The van der Waals surface area contributed by atoms with Gasteiger partial charge in [-0.1, -0.05) is 19.1 Å². The number of ether oxygens (including phenoxy) is 1. The Hall–Kier alpha value is -3.15. The van der Waals surface area contributed by atoms with E-state index < -0.39 is 0 Å². The number of amides is 2. The molecule has 0 aliphatic carbocycles. The van der Waals surface area contributed by atoms with Gasteiger partial charge in [-0.3, -0.25) is 9.59 Å². The average Bonchev–Trinajstić information content (AvgIpc) is 2.63. The second-order valence-corrected chi connectivity index (χ2v) is 5.15. The van der Waals surface area contributed by atoms with Crippen molar-refractivity contribution in [3.05, 3.63) is 59.7 Å². The summed E-state index contributed by atoms with van der Waals surface area (Å²) < 4.78 is 5.49. The van der Waals surface area contributed by atoms with Gasteiger partial charge in [-0.2, -0.15) is 5.10 Å². The molecule has 0 bridgehead atoms. The number of benzene rings is 2. The maximum Gasteiger partial charge on any atom is 0.271 e. The van der Waals surface area contributed by atoms with Crippen LogP contribution in [0.25, 0.3) is 0 Å². The molecule has 0 atom stereocenters. The molecule has 0 unspecified atom stereocenters. The molecule has 6 heteroatoms. The highest BCUT2D eigenvalue weighted by molar-refractivity contribution is 5.96. The molecule has 0 spiro atoms. The van der Waals surface area contributed by atoms with E-state index >= 15 is 0 Å². The zero-order chi connectivity index (χ0) is 18.1. The lowest BCUT2D eigenvalue weighted by molar-refractivity contribution is -0.115. The number of para-hydroxylation sites is 1. The predicted molar refractivity (Wildman–Crippen MR) is 98.0 cm³/mol. The van der Waals surface area contributed by atoms with E-state index in [1.54, 1.807) is 37.4 Å². The molecule has 2 N–H and O–H groups in total. The van der Waals surface area contributed by atoms with Crippen molar-refractivity contribution in [3.8, 4) is 5.75 Å². The van der Waals surface area contributed by atoms with E-state index in [2.05, 4.69) is 15.8 Å². The smallest absolute Gasteiger partial charge is 0.271 e. The molecule has 0 radical (unpaired) electrons. The van der Waals surface area contributed by atoms with E-state index in [0.29, 0.717) is 30.0 Å². The van der Waals surface area contributed by atoms with Gasteiger partial charge >= 0.3 is 0 Å². The Kier molecular flexibility index (Phi) is 6.71. The minimum absolute atomic E-state index is 0.0743. The molecule has 0 saturated carbocycles. The molecule has 2 aromatic carbocycles. The Morgan fingerprint density at radius 2 is 1.80 bits per heavy atom. The predicted octanol–water partition coefficient (Wildman–Crippen LogP) is 3.20. The van der Waals surface area contributed by atoms with Crippen LogP contribution in [-0.2, 0) is 4.79 Å². The Bertz CT molecular complexity index is 755. The molecule has 2 aromatic rings. The van der Waals surface area contributed by atoms with Crippen molar-refractivity contribution in [2.75, 3.05) is 11.9 Å². The summed E-state index contributed by atoms with van der Waals surface area (Å²) in [6.07, 6.45) is 1.94. The third-order valence-electron chi connectivity index (χ3n) is 3.34. The number of nitrogens with one attached hydrogen (secondary N) is 2. The summed E-state index contributed by atoms with van der Waals surface area (Å²) in [6.45, 7) is 4.24. The molecule has 25 heavy (non-hydrogen) atoms. The van der Waals surface area contributed by atoms with Gasteiger partial charge in [-0.25, -0.2) is 5.43 Å². The lowest BCUT2D eigenvalue weighted by Gasteiger charge is -2.06. The van der Waals surface area contributed by atoms with Crippen LogP contribution in [0.1, 0.15) is 36.2 Å². The molecule has 0 aromatic heterocycles. The van der Waals surface area contributed by atoms with Crippen LogP contribution in [0.4, 0.5) is 5.69 Å². The lowest BCUT2D eigenvalue weighted by Crippen LogP contribution is -2.17. The summed E-state index contributed by atoms with van der Waals surface area (Å²) in [4.78, 5) is 23.4. The Balaban J connectivity index is 1.97. The number of hydrogen-bond donors (Lipinski definition) is 2. The fraction of sp³-hybridized carbons (Fsp3) is 0.211. The number of carbonyl (C=O) groups is 2. The van der Waals surface area contributed by atoms with Crippen molar-refractivity contribution in [2.45, 2.75) is 20.3 Å². The molecule has 0 aliphatic heterocycles. The number of nitrogens with zero attached hydrogens (tertiary/aromatic N) is 1. The van der Waals surface area contributed by atoms with E-state index in [0.717, 1.165) is 5.56 Å². The van der Waals surface area contributed by atoms with Gasteiger partial charge in [0.05, 0.1) is 12.8 Å². The molecule has 2 rings (SSSR count). The fourth-order valence-corrected chi connectivity index (χ4v) is 2.05. The summed E-state index contributed by atoms with van der Waals surface area (Å²) in [5.41, 5.74) is 4.36. The molecule has 0 aliphatic rings. The Labute approximate surface area is 146 Å². The highest BCUT2D eigenvalue weighted by Crippen LogP contribution is 2.15. The second kappa shape index (κ2) is 9.22. The number of rotatable bonds is 7. The first-order valence-electron chi connectivity index (χ1n) is 8.09. The van der Waals surface area contributed by atoms with Gasteiger partial charge in [0.25, 0.3) is 5.91 Å². The highest BCUT2D eigenvalue weighted by Gasteiger charge is 2.05. The normalized spacial score (nSPS) is 10.5. The van der Waals surface area contributed by atoms with Crippen LogP contribution in [-0.4, -0.2) is 24.6 Å². The van der Waals surface area contributed by atoms with Crippen LogP contribution >= 0.6 is 0 Å². The summed E-state index contributed by atoms with van der Waals surface area (Å²) in [5.74, 6) is 0.298. The van der Waals surface area contributed by atoms with Crippen molar-refractivity contribution in [3.63, 3.8) is 0 Å².